The Kier molecular flexibility index (Phi) is 6.26. The maximum Gasteiger partial charge on any atom is 0.407 e. The van der Waals surface area contributed by atoms with Crippen molar-refractivity contribution in [1.29, 1.82) is 0 Å². The fourth-order valence-electron chi connectivity index (χ4n) is 6.14. The number of hydrogen-bond donors (Lipinski definition) is 2. The summed E-state index contributed by atoms with van der Waals surface area (Å²) in [6.45, 7) is 2.41. The predicted octanol–water partition coefficient (Wildman–Crippen LogP) is 4.55. The van der Waals surface area contributed by atoms with Crippen molar-refractivity contribution in [2.45, 2.75) is 62.9 Å². The van der Waals surface area contributed by atoms with Crippen LogP contribution >= 0.6 is 0 Å². The van der Waals surface area contributed by atoms with Crippen molar-refractivity contribution in [2.75, 3.05) is 13.2 Å². The number of nitrogens with one attached hydrogen (secondary N) is 1. The van der Waals surface area contributed by atoms with E-state index in [9.17, 15) is 19.5 Å². The van der Waals surface area contributed by atoms with Gasteiger partial charge in [-0.25, -0.2) is 9.59 Å². The van der Waals surface area contributed by atoms with E-state index < -0.39 is 17.6 Å². The van der Waals surface area contributed by atoms with E-state index in [1.54, 1.807) is 6.92 Å². The first-order valence-corrected chi connectivity index (χ1v) is 12.5. The summed E-state index contributed by atoms with van der Waals surface area (Å²) >= 11 is 0. The summed E-state index contributed by atoms with van der Waals surface area (Å²) in [7, 11) is 0. The van der Waals surface area contributed by atoms with E-state index >= 15 is 0 Å². The van der Waals surface area contributed by atoms with E-state index in [4.69, 9.17) is 4.74 Å². The van der Waals surface area contributed by atoms with Gasteiger partial charge >= 0.3 is 12.1 Å². The lowest BCUT2D eigenvalue weighted by atomic mass is 9.97. The fraction of sp³-hybridized carbons (Fsp3) is 0.464. The van der Waals surface area contributed by atoms with Crippen molar-refractivity contribution in [3.05, 3.63) is 59.7 Å². The van der Waals surface area contributed by atoms with Gasteiger partial charge in [0, 0.05) is 24.9 Å². The Labute approximate surface area is 205 Å². The first-order valence-electron chi connectivity index (χ1n) is 12.5. The molecule has 3 unspecified atom stereocenters. The minimum Gasteiger partial charge on any atom is -0.480 e. The molecule has 0 aromatic heterocycles. The Morgan fingerprint density at radius 2 is 1.71 bits per heavy atom. The molecule has 1 saturated carbocycles. The molecule has 3 aliphatic rings. The summed E-state index contributed by atoms with van der Waals surface area (Å²) in [5.41, 5.74) is 3.64. The largest absolute Gasteiger partial charge is 0.480 e. The van der Waals surface area contributed by atoms with Crippen LogP contribution in [0, 0.1) is 5.92 Å². The van der Waals surface area contributed by atoms with Gasteiger partial charge in [-0.1, -0.05) is 48.5 Å². The summed E-state index contributed by atoms with van der Waals surface area (Å²) in [4.78, 5) is 38.7. The van der Waals surface area contributed by atoms with Gasteiger partial charge in [0.1, 0.15) is 12.1 Å². The Bertz CT molecular complexity index is 1100. The molecule has 5 rings (SSSR count). The highest BCUT2D eigenvalue weighted by atomic mass is 16.5. The molecule has 2 aromatic rings. The van der Waals surface area contributed by atoms with Crippen molar-refractivity contribution < 1.29 is 24.2 Å². The van der Waals surface area contributed by atoms with Crippen LogP contribution in [0.3, 0.4) is 0 Å². The lowest BCUT2D eigenvalue weighted by Gasteiger charge is -2.32. The number of carbonyl (C=O) groups is 3. The second kappa shape index (κ2) is 9.36. The quantitative estimate of drug-likeness (QED) is 0.638. The molecule has 0 bridgehead atoms. The Morgan fingerprint density at radius 1 is 1.06 bits per heavy atom. The average Bonchev–Trinajstić information content (AvgIpc) is 3.54. The molecule has 1 saturated heterocycles. The van der Waals surface area contributed by atoms with Gasteiger partial charge in [0.15, 0.2) is 0 Å². The molecule has 3 atom stereocenters. The zero-order valence-electron chi connectivity index (χ0n) is 20.0. The standard InChI is InChI=1S/C28H32N2O5/c1-28(26(32)33)13-6-14-30(28)25(31)16-18-11-12-19(15-18)29-27(34)35-17-24-22-9-4-2-7-20(22)21-8-3-5-10-23(21)24/h2-5,7-10,18-19,24H,6,11-17H2,1H3,(H,29,34)(H,32,33). The van der Waals surface area contributed by atoms with Crippen LogP contribution < -0.4 is 5.32 Å². The highest BCUT2D eigenvalue weighted by molar-refractivity contribution is 5.87. The summed E-state index contributed by atoms with van der Waals surface area (Å²) in [5, 5.41) is 12.6. The van der Waals surface area contributed by atoms with Crippen LogP contribution in [0.5, 0.6) is 0 Å². The number of carbonyl (C=O) groups excluding carboxylic acids is 2. The Hall–Kier alpha value is -3.35. The molecule has 2 fully saturated rings. The molecular weight excluding hydrogens is 444 g/mol. The number of amides is 2. The van der Waals surface area contributed by atoms with Gasteiger partial charge in [-0.05, 0) is 67.2 Å². The molecular formula is C28H32N2O5. The number of ether oxygens (including phenoxy) is 1. The summed E-state index contributed by atoms with van der Waals surface area (Å²) < 4.78 is 5.66. The van der Waals surface area contributed by atoms with Gasteiger partial charge in [-0.3, -0.25) is 4.79 Å². The summed E-state index contributed by atoms with van der Waals surface area (Å²) in [5.74, 6) is -0.880. The lowest BCUT2D eigenvalue weighted by molar-refractivity contribution is -0.155. The van der Waals surface area contributed by atoms with Crippen LogP contribution in [0.4, 0.5) is 4.79 Å². The predicted molar refractivity (Wildman–Crippen MR) is 131 cm³/mol. The monoisotopic (exact) mass is 476 g/mol. The normalized spacial score (nSPS) is 25.2. The number of carboxylic acids is 1. The molecule has 7 nitrogen and oxygen atoms in total. The molecule has 35 heavy (non-hydrogen) atoms. The van der Waals surface area contributed by atoms with Gasteiger partial charge in [0.2, 0.25) is 5.91 Å². The van der Waals surface area contributed by atoms with Crippen molar-refractivity contribution in [2.24, 2.45) is 5.92 Å². The minimum atomic E-state index is -1.10. The van der Waals surface area contributed by atoms with Gasteiger partial charge in [0.25, 0.3) is 0 Å². The number of hydrogen-bond acceptors (Lipinski definition) is 4. The number of alkyl carbamates (subject to hydrolysis) is 1. The number of rotatable bonds is 6. The number of carboxylic acid groups (broad SMARTS) is 1. The molecule has 0 spiro atoms. The number of aliphatic carboxylic acids is 1. The van der Waals surface area contributed by atoms with E-state index in [-0.39, 0.29) is 30.4 Å². The second-order valence-corrected chi connectivity index (χ2v) is 10.3. The van der Waals surface area contributed by atoms with Gasteiger partial charge in [0.05, 0.1) is 0 Å². The molecule has 184 valence electrons. The SMILES string of the molecule is CC1(C(=O)O)CCCN1C(=O)CC1CCC(NC(=O)OCC2c3ccccc3-c3ccccc32)C1. The fourth-order valence-corrected chi connectivity index (χ4v) is 6.14. The van der Waals surface area contributed by atoms with Crippen LogP contribution in [-0.2, 0) is 14.3 Å². The van der Waals surface area contributed by atoms with Crippen molar-refractivity contribution in [1.82, 2.24) is 10.2 Å². The van der Waals surface area contributed by atoms with Crippen molar-refractivity contribution >= 4 is 18.0 Å². The van der Waals surface area contributed by atoms with Crippen LogP contribution in [0.25, 0.3) is 11.1 Å². The van der Waals surface area contributed by atoms with E-state index in [1.165, 1.54) is 27.2 Å². The topological polar surface area (TPSA) is 95.9 Å². The molecule has 1 aliphatic heterocycles. The number of benzene rings is 2. The summed E-state index contributed by atoms with van der Waals surface area (Å²) in [6.07, 6.45) is 3.42. The molecule has 2 amide bonds. The van der Waals surface area contributed by atoms with Crippen LogP contribution in [0.1, 0.15) is 62.5 Å². The van der Waals surface area contributed by atoms with E-state index in [2.05, 4.69) is 29.6 Å². The highest BCUT2D eigenvalue weighted by Gasteiger charge is 2.46. The maximum atomic E-state index is 12.9. The third-order valence-electron chi connectivity index (χ3n) is 8.07. The average molecular weight is 477 g/mol. The van der Waals surface area contributed by atoms with E-state index in [0.717, 1.165) is 12.8 Å². The molecule has 2 N–H and O–H groups in total. The van der Waals surface area contributed by atoms with Crippen LogP contribution in [0.2, 0.25) is 0 Å². The van der Waals surface area contributed by atoms with Crippen LogP contribution in [-0.4, -0.2) is 52.7 Å². The van der Waals surface area contributed by atoms with Gasteiger partial charge in [-0.15, -0.1) is 0 Å². The van der Waals surface area contributed by atoms with Crippen molar-refractivity contribution in [3.8, 4) is 11.1 Å². The minimum absolute atomic E-state index is 0.0195. The maximum absolute atomic E-state index is 12.9. The molecule has 0 radical (unpaired) electrons. The lowest BCUT2D eigenvalue weighted by Crippen LogP contribution is -2.51. The highest BCUT2D eigenvalue weighted by Crippen LogP contribution is 2.44. The van der Waals surface area contributed by atoms with Crippen LogP contribution in [0.15, 0.2) is 48.5 Å². The summed E-state index contributed by atoms with van der Waals surface area (Å²) in [6, 6.07) is 16.4. The van der Waals surface area contributed by atoms with E-state index in [0.29, 0.717) is 32.2 Å². The molecule has 1 heterocycles. The first-order chi connectivity index (χ1) is 16.9. The molecule has 2 aliphatic carbocycles. The first kappa shape index (κ1) is 23.4. The Morgan fingerprint density at radius 3 is 2.37 bits per heavy atom. The number of fused-ring (bicyclic) bond motifs is 3. The van der Waals surface area contributed by atoms with E-state index in [1.807, 2.05) is 24.3 Å². The zero-order chi connectivity index (χ0) is 24.6. The van der Waals surface area contributed by atoms with Crippen molar-refractivity contribution in [3.63, 3.8) is 0 Å². The second-order valence-electron chi connectivity index (χ2n) is 10.3. The third-order valence-corrected chi connectivity index (χ3v) is 8.07. The van der Waals surface area contributed by atoms with Gasteiger partial charge < -0.3 is 20.1 Å². The Balaban J connectivity index is 1.13. The zero-order valence-corrected chi connectivity index (χ0v) is 20.0. The molecule has 7 heteroatoms. The molecule has 2 aromatic carbocycles. The smallest absolute Gasteiger partial charge is 0.407 e. The van der Waals surface area contributed by atoms with Gasteiger partial charge in [-0.2, -0.15) is 0 Å². The number of nitrogens with zero attached hydrogens (tertiary/aromatic N) is 1. The number of likely N-dealkylation sites (tertiary alicyclic amines) is 1. The third kappa shape index (κ3) is 4.40.